The molecule has 1 aliphatic carbocycles. The smallest absolute Gasteiger partial charge is 0.224 e. The monoisotopic (exact) mass is 153 g/mol. The van der Waals surface area contributed by atoms with E-state index in [1.54, 1.807) is 0 Å². The fourth-order valence-corrected chi connectivity index (χ4v) is 1.21. The van der Waals surface area contributed by atoms with Crippen LogP contribution >= 0.6 is 0 Å². The van der Waals surface area contributed by atoms with Crippen molar-refractivity contribution in [2.24, 2.45) is 17.4 Å². The largest absolute Gasteiger partial charge is 0.331 e. The van der Waals surface area contributed by atoms with Crippen LogP contribution in [0.25, 0.3) is 0 Å². The number of nitrogens with two attached hydrogens (primary N) is 2. The lowest BCUT2D eigenvalue weighted by atomic mass is 9.58. The SMILES string of the molecule is NC[C@@](N)([B]C=O)CC1CC1. The maximum Gasteiger partial charge on any atom is 0.224 e. The highest BCUT2D eigenvalue weighted by atomic mass is 16.1. The van der Waals surface area contributed by atoms with E-state index in [1.807, 2.05) is 0 Å². The first-order valence-electron chi connectivity index (χ1n) is 3.99. The summed E-state index contributed by atoms with van der Waals surface area (Å²) in [5.74, 6) is 0.708. The Morgan fingerprint density at radius 3 is 2.64 bits per heavy atom. The van der Waals surface area contributed by atoms with Gasteiger partial charge in [0.15, 0.2) is 0 Å². The molecule has 0 aromatic rings. The molecule has 4 N–H and O–H groups in total. The summed E-state index contributed by atoms with van der Waals surface area (Å²) in [6, 6.07) is 0. The quantitative estimate of drug-likeness (QED) is 0.405. The highest BCUT2D eigenvalue weighted by molar-refractivity contribution is 6.69. The van der Waals surface area contributed by atoms with Gasteiger partial charge in [0.05, 0.1) is 6.19 Å². The fraction of sp³-hybridized carbons (Fsp3) is 0.857. The van der Waals surface area contributed by atoms with Gasteiger partial charge in [0.1, 0.15) is 0 Å². The van der Waals surface area contributed by atoms with Crippen LogP contribution in [-0.4, -0.2) is 25.4 Å². The molecule has 4 heteroatoms. The van der Waals surface area contributed by atoms with Crippen LogP contribution < -0.4 is 11.5 Å². The lowest BCUT2D eigenvalue weighted by molar-refractivity contribution is 0.512. The van der Waals surface area contributed by atoms with Crippen molar-refractivity contribution in [2.75, 3.05) is 6.54 Å². The number of rotatable bonds is 5. The van der Waals surface area contributed by atoms with Crippen LogP contribution in [0.2, 0.25) is 0 Å². The van der Waals surface area contributed by atoms with Crippen molar-refractivity contribution < 1.29 is 4.79 Å². The summed E-state index contributed by atoms with van der Waals surface area (Å²) in [5.41, 5.74) is 10.8. The van der Waals surface area contributed by atoms with E-state index in [0.29, 0.717) is 12.5 Å². The third kappa shape index (κ3) is 2.63. The third-order valence-corrected chi connectivity index (χ3v) is 2.15. The molecular weight excluding hydrogens is 139 g/mol. The molecule has 0 aliphatic heterocycles. The zero-order valence-corrected chi connectivity index (χ0v) is 6.62. The van der Waals surface area contributed by atoms with Crippen molar-refractivity contribution in [3.63, 3.8) is 0 Å². The highest BCUT2D eigenvalue weighted by Crippen LogP contribution is 2.35. The molecule has 0 bridgehead atoms. The molecule has 1 saturated carbocycles. The van der Waals surface area contributed by atoms with E-state index in [-0.39, 0.29) is 0 Å². The standard InChI is InChI=1S/C7H14BN2O/c9-4-7(10,8-5-11)3-6-1-2-6/h5-6H,1-4,9-10H2/t7-/m1/s1. The molecule has 1 atom stereocenters. The minimum Gasteiger partial charge on any atom is -0.331 e. The minimum atomic E-state index is -0.539. The second-order valence-electron chi connectivity index (χ2n) is 3.39. The molecule has 0 unspecified atom stereocenters. The Labute approximate surface area is 67.8 Å². The van der Waals surface area contributed by atoms with E-state index in [0.717, 1.165) is 12.6 Å². The summed E-state index contributed by atoms with van der Waals surface area (Å²) in [6.45, 7) is 0.363. The second kappa shape index (κ2) is 3.37. The molecular formula is C7H14BN2O. The Bertz CT molecular complexity index is 149. The predicted octanol–water partition coefficient (Wildman–Crippen LogP) is -0.705. The number of hydrogen-bond donors (Lipinski definition) is 2. The number of carbonyl (C=O) groups excluding carboxylic acids is 1. The van der Waals surface area contributed by atoms with E-state index in [4.69, 9.17) is 11.5 Å². The average molecular weight is 153 g/mol. The van der Waals surface area contributed by atoms with Gasteiger partial charge in [0.25, 0.3) is 0 Å². The van der Waals surface area contributed by atoms with Crippen LogP contribution in [0.5, 0.6) is 0 Å². The Hall–Kier alpha value is -0.345. The normalized spacial score (nSPS) is 22.4. The summed E-state index contributed by atoms with van der Waals surface area (Å²) in [4.78, 5) is 10.2. The Balaban J connectivity index is 2.35. The highest BCUT2D eigenvalue weighted by Gasteiger charge is 2.33. The van der Waals surface area contributed by atoms with Crippen molar-refractivity contribution in [3.8, 4) is 0 Å². The van der Waals surface area contributed by atoms with Gasteiger partial charge in [0, 0.05) is 12.0 Å². The molecule has 3 nitrogen and oxygen atoms in total. The first-order chi connectivity index (χ1) is 5.20. The first-order valence-corrected chi connectivity index (χ1v) is 3.99. The van der Waals surface area contributed by atoms with Crippen molar-refractivity contribution in [2.45, 2.75) is 24.7 Å². The van der Waals surface area contributed by atoms with Crippen molar-refractivity contribution >= 4 is 13.5 Å². The lowest BCUT2D eigenvalue weighted by Gasteiger charge is -2.24. The van der Waals surface area contributed by atoms with E-state index in [9.17, 15) is 4.79 Å². The number of carbonyl (C=O) groups is 1. The maximum atomic E-state index is 10.2. The van der Waals surface area contributed by atoms with Crippen LogP contribution in [0.4, 0.5) is 0 Å². The molecule has 0 aromatic carbocycles. The second-order valence-corrected chi connectivity index (χ2v) is 3.39. The van der Waals surface area contributed by atoms with Gasteiger partial charge in [-0.3, -0.25) is 0 Å². The molecule has 0 spiro atoms. The molecule has 0 aromatic heterocycles. The zero-order chi connectivity index (χ0) is 8.32. The van der Waals surface area contributed by atoms with E-state index < -0.39 is 5.44 Å². The van der Waals surface area contributed by atoms with E-state index >= 15 is 0 Å². The topological polar surface area (TPSA) is 69.1 Å². The van der Waals surface area contributed by atoms with Gasteiger partial charge >= 0.3 is 0 Å². The van der Waals surface area contributed by atoms with E-state index in [1.165, 1.54) is 20.1 Å². The fourth-order valence-electron chi connectivity index (χ4n) is 1.21. The van der Waals surface area contributed by atoms with Gasteiger partial charge in [-0.15, -0.1) is 0 Å². The summed E-state index contributed by atoms with van der Waals surface area (Å²) >= 11 is 0. The third-order valence-electron chi connectivity index (χ3n) is 2.15. The Kier molecular flexibility index (Phi) is 2.68. The van der Waals surface area contributed by atoms with Crippen LogP contribution in [0.1, 0.15) is 19.3 Å². The molecule has 0 heterocycles. The Morgan fingerprint density at radius 1 is 1.64 bits per heavy atom. The van der Waals surface area contributed by atoms with E-state index in [2.05, 4.69) is 0 Å². The van der Waals surface area contributed by atoms with Gasteiger partial charge < -0.3 is 16.3 Å². The summed E-state index contributed by atoms with van der Waals surface area (Å²) in [7, 11) is 1.48. The van der Waals surface area contributed by atoms with Gasteiger partial charge in [-0.1, -0.05) is 12.8 Å². The van der Waals surface area contributed by atoms with Crippen LogP contribution in [0.3, 0.4) is 0 Å². The van der Waals surface area contributed by atoms with Crippen LogP contribution in [0, 0.1) is 5.92 Å². The molecule has 1 fully saturated rings. The predicted molar refractivity (Wildman–Crippen MR) is 45.8 cm³/mol. The van der Waals surface area contributed by atoms with Gasteiger partial charge in [-0.25, -0.2) is 0 Å². The van der Waals surface area contributed by atoms with Gasteiger partial charge in [-0.2, -0.15) is 0 Å². The molecule has 1 radical (unpaired) electrons. The molecule has 0 saturated heterocycles. The van der Waals surface area contributed by atoms with Crippen LogP contribution in [-0.2, 0) is 4.79 Å². The van der Waals surface area contributed by atoms with Crippen LogP contribution in [0.15, 0.2) is 0 Å². The Morgan fingerprint density at radius 2 is 2.27 bits per heavy atom. The number of hydrogen-bond acceptors (Lipinski definition) is 3. The summed E-state index contributed by atoms with van der Waals surface area (Å²) < 4.78 is 0. The molecule has 11 heavy (non-hydrogen) atoms. The van der Waals surface area contributed by atoms with Crippen molar-refractivity contribution in [3.05, 3.63) is 0 Å². The lowest BCUT2D eigenvalue weighted by Crippen LogP contribution is -2.53. The first kappa shape index (κ1) is 8.75. The van der Waals surface area contributed by atoms with Gasteiger partial charge in [-0.05, 0) is 12.3 Å². The molecule has 61 valence electrons. The van der Waals surface area contributed by atoms with Crippen molar-refractivity contribution in [1.82, 2.24) is 0 Å². The molecule has 0 amide bonds. The average Bonchev–Trinajstić information content (AvgIpc) is 2.73. The summed E-state index contributed by atoms with van der Waals surface area (Å²) in [5, 5.41) is 0. The van der Waals surface area contributed by atoms with Gasteiger partial charge in [0.2, 0.25) is 7.28 Å². The molecule has 1 rings (SSSR count). The minimum absolute atomic E-state index is 0.363. The summed E-state index contributed by atoms with van der Waals surface area (Å²) in [6.07, 6.45) is 4.09. The van der Waals surface area contributed by atoms with Crippen molar-refractivity contribution in [1.29, 1.82) is 0 Å². The maximum absolute atomic E-state index is 10.2. The molecule has 1 aliphatic rings. The zero-order valence-electron chi connectivity index (χ0n) is 6.62.